The first-order valence-electron chi connectivity index (χ1n) is 18.5. The summed E-state index contributed by atoms with van der Waals surface area (Å²) >= 11 is 0. The molecule has 4 nitrogen and oxygen atoms in total. The topological polar surface area (TPSA) is 42.4 Å². The highest BCUT2D eigenvalue weighted by atomic mass is 16.3. The van der Waals surface area contributed by atoms with Crippen molar-refractivity contribution in [2.45, 2.75) is 19.3 Å². The molecule has 0 radical (unpaired) electrons. The SMILES string of the molecule is CC1(C)c2ccccc2-c2ccc(N(c3ccc(-c4ccccc4)cc3)c3ccc4c(c3)oc3c5ccccc5cc(-c5nc6ccccc6o5)c43)cc21. The van der Waals surface area contributed by atoms with Crippen LogP contribution in [0.5, 0.6) is 0 Å². The fourth-order valence-electron chi connectivity index (χ4n) is 8.61. The highest BCUT2D eigenvalue weighted by molar-refractivity contribution is 6.21. The van der Waals surface area contributed by atoms with E-state index >= 15 is 0 Å². The fourth-order valence-corrected chi connectivity index (χ4v) is 8.61. The van der Waals surface area contributed by atoms with Crippen molar-refractivity contribution < 1.29 is 8.83 Å². The number of oxazole rings is 1. The number of hydrogen-bond acceptors (Lipinski definition) is 4. The highest BCUT2D eigenvalue weighted by Crippen LogP contribution is 2.51. The lowest BCUT2D eigenvalue weighted by atomic mass is 9.82. The van der Waals surface area contributed by atoms with Gasteiger partial charge in [0, 0.05) is 50.3 Å². The summed E-state index contributed by atoms with van der Waals surface area (Å²) < 4.78 is 13.3. The van der Waals surface area contributed by atoms with Gasteiger partial charge in [0.1, 0.15) is 16.7 Å². The minimum Gasteiger partial charge on any atom is -0.455 e. The summed E-state index contributed by atoms with van der Waals surface area (Å²) in [5.74, 6) is 0.584. The number of furan rings is 1. The van der Waals surface area contributed by atoms with Gasteiger partial charge in [-0.05, 0) is 93.4 Å². The molecule has 2 aromatic heterocycles. The molecule has 10 aromatic rings. The van der Waals surface area contributed by atoms with E-state index in [2.05, 4.69) is 164 Å². The van der Waals surface area contributed by atoms with Gasteiger partial charge in [-0.15, -0.1) is 0 Å². The van der Waals surface area contributed by atoms with Gasteiger partial charge in [-0.25, -0.2) is 4.98 Å². The van der Waals surface area contributed by atoms with Gasteiger partial charge in [0.05, 0.1) is 0 Å². The molecule has 4 heteroatoms. The number of rotatable bonds is 5. The molecule has 8 aromatic carbocycles. The van der Waals surface area contributed by atoms with Crippen molar-refractivity contribution in [3.8, 4) is 33.7 Å². The number of hydrogen-bond donors (Lipinski definition) is 0. The molecule has 11 rings (SSSR count). The van der Waals surface area contributed by atoms with Gasteiger partial charge >= 0.3 is 0 Å². The van der Waals surface area contributed by atoms with Crippen LogP contribution in [-0.4, -0.2) is 4.98 Å². The lowest BCUT2D eigenvalue weighted by Crippen LogP contribution is -2.16. The van der Waals surface area contributed by atoms with Crippen LogP contribution in [0.3, 0.4) is 0 Å². The molecule has 256 valence electrons. The van der Waals surface area contributed by atoms with Crippen LogP contribution < -0.4 is 4.90 Å². The normalized spacial score (nSPS) is 13.1. The molecule has 0 fully saturated rings. The van der Waals surface area contributed by atoms with Crippen LogP contribution >= 0.6 is 0 Å². The van der Waals surface area contributed by atoms with Crippen LogP contribution in [0.1, 0.15) is 25.0 Å². The average Bonchev–Trinajstić information content (AvgIpc) is 3.89. The third-order valence-electron chi connectivity index (χ3n) is 11.3. The van der Waals surface area contributed by atoms with E-state index < -0.39 is 0 Å². The maximum atomic E-state index is 6.89. The highest BCUT2D eigenvalue weighted by Gasteiger charge is 2.35. The van der Waals surface area contributed by atoms with Gasteiger partial charge < -0.3 is 13.7 Å². The third kappa shape index (κ3) is 4.60. The molecule has 1 aliphatic carbocycles. The largest absolute Gasteiger partial charge is 0.455 e. The Balaban J connectivity index is 1.12. The maximum Gasteiger partial charge on any atom is 0.228 e. The molecule has 2 heterocycles. The zero-order chi connectivity index (χ0) is 36.0. The predicted molar refractivity (Wildman–Crippen MR) is 222 cm³/mol. The molecule has 0 N–H and O–H groups in total. The van der Waals surface area contributed by atoms with Crippen molar-refractivity contribution in [2.24, 2.45) is 0 Å². The summed E-state index contributed by atoms with van der Waals surface area (Å²) in [6.45, 7) is 4.67. The van der Waals surface area contributed by atoms with E-state index in [0.717, 1.165) is 66.4 Å². The molecule has 0 aliphatic heterocycles. The quantitative estimate of drug-likeness (QED) is 0.180. The van der Waals surface area contributed by atoms with Crippen molar-refractivity contribution in [1.29, 1.82) is 0 Å². The van der Waals surface area contributed by atoms with Crippen LogP contribution in [0.25, 0.3) is 77.5 Å². The van der Waals surface area contributed by atoms with Crippen LogP contribution in [0.4, 0.5) is 17.1 Å². The molecule has 0 amide bonds. The summed E-state index contributed by atoms with van der Waals surface area (Å²) in [5.41, 5.74) is 14.8. The van der Waals surface area contributed by atoms with Gasteiger partial charge in [0.15, 0.2) is 5.58 Å². The molecule has 0 bridgehead atoms. The van der Waals surface area contributed by atoms with Gasteiger partial charge in [0.2, 0.25) is 5.89 Å². The summed E-state index contributed by atoms with van der Waals surface area (Å²) in [4.78, 5) is 7.27. The summed E-state index contributed by atoms with van der Waals surface area (Å²) in [7, 11) is 0. The van der Waals surface area contributed by atoms with Crippen LogP contribution in [0.2, 0.25) is 0 Å². The van der Waals surface area contributed by atoms with Gasteiger partial charge in [-0.2, -0.15) is 0 Å². The fraction of sp³-hybridized carbons (Fsp3) is 0.0600. The lowest BCUT2D eigenvalue weighted by molar-refractivity contribution is 0.620. The predicted octanol–water partition coefficient (Wildman–Crippen LogP) is 14.0. The van der Waals surface area contributed by atoms with Crippen molar-refractivity contribution in [3.05, 3.63) is 181 Å². The van der Waals surface area contributed by atoms with Crippen LogP contribution in [-0.2, 0) is 5.41 Å². The molecule has 0 unspecified atom stereocenters. The molecule has 0 saturated carbocycles. The van der Waals surface area contributed by atoms with E-state index in [-0.39, 0.29) is 5.41 Å². The number of fused-ring (bicyclic) bond motifs is 9. The van der Waals surface area contributed by atoms with Crippen molar-refractivity contribution in [3.63, 3.8) is 0 Å². The lowest BCUT2D eigenvalue weighted by Gasteiger charge is -2.28. The number of anilines is 3. The van der Waals surface area contributed by atoms with E-state index in [1.807, 2.05) is 24.3 Å². The Labute approximate surface area is 312 Å². The Kier molecular flexibility index (Phi) is 6.56. The van der Waals surface area contributed by atoms with E-state index in [1.165, 1.54) is 33.4 Å². The molecule has 1 aliphatic rings. The number of nitrogens with zero attached hydrogens (tertiary/aromatic N) is 2. The minimum atomic E-state index is -0.129. The van der Waals surface area contributed by atoms with Crippen LogP contribution in [0.15, 0.2) is 179 Å². The first-order chi connectivity index (χ1) is 26.5. The molecular weight excluding hydrogens is 661 g/mol. The van der Waals surface area contributed by atoms with E-state index in [9.17, 15) is 0 Å². The maximum absolute atomic E-state index is 6.89. The number of aromatic nitrogens is 1. The Bertz CT molecular complexity index is 3050. The Morgan fingerprint density at radius 2 is 1.17 bits per heavy atom. The zero-order valence-electron chi connectivity index (χ0n) is 29.9. The van der Waals surface area contributed by atoms with E-state index in [0.29, 0.717) is 5.89 Å². The van der Waals surface area contributed by atoms with Gasteiger partial charge in [-0.3, -0.25) is 0 Å². The molecule has 0 saturated heterocycles. The molecule has 54 heavy (non-hydrogen) atoms. The summed E-state index contributed by atoms with van der Waals surface area (Å²) in [6.07, 6.45) is 0. The molecule has 0 spiro atoms. The second kappa shape index (κ2) is 11.5. The second-order valence-corrected chi connectivity index (χ2v) is 14.8. The van der Waals surface area contributed by atoms with Crippen molar-refractivity contribution in [2.75, 3.05) is 4.90 Å². The monoisotopic (exact) mass is 694 g/mol. The van der Waals surface area contributed by atoms with Gasteiger partial charge in [-0.1, -0.05) is 123 Å². The Morgan fingerprint density at radius 1 is 0.481 bits per heavy atom. The molecule has 0 atom stereocenters. The summed E-state index contributed by atoms with van der Waals surface area (Å²) in [5, 5.41) is 4.14. The summed E-state index contributed by atoms with van der Waals surface area (Å²) in [6, 6.07) is 60.2. The third-order valence-corrected chi connectivity index (χ3v) is 11.3. The Hall–Kier alpha value is -6.91. The zero-order valence-corrected chi connectivity index (χ0v) is 29.9. The average molecular weight is 695 g/mol. The first kappa shape index (κ1) is 30.7. The van der Waals surface area contributed by atoms with Crippen molar-refractivity contribution in [1.82, 2.24) is 4.98 Å². The minimum absolute atomic E-state index is 0.129. The van der Waals surface area contributed by atoms with Crippen molar-refractivity contribution >= 4 is 60.9 Å². The standard InChI is InChI=1S/C50H34N2O2/c1-50(2)42-17-9-8-16-38(42)39-26-24-35(29-43(39)50)52(34-22-20-32(21-23-34)31-12-4-3-5-13-31)36-25-27-40-46(30-36)53-48-37-15-7-6-14-33(37)28-41(47(40)48)49-51-44-18-10-11-19-45(44)54-49/h3-30H,1-2H3. The first-order valence-corrected chi connectivity index (χ1v) is 18.5. The Morgan fingerprint density at radius 3 is 2.04 bits per heavy atom. The van der Waals surface area contributed by atoms with Crippen LogP contribution in [0, 0.1) is 0 Å². The number of para-hydroxylation sites is 2. The number of benzene rings is 8. The van der Waals surface area contributed by atoms with Gasteiger partial charge in [0.25, 0.3) is 0 Å². The smallest absolute Gasteiger partial charge is 0.228 e. The van der Waals surface area contributed by atoms with E-state index in [1.54, 1.807) is 0 Å². The molecular formula is C50H34N2O2. The second-order valence-electron chi connectivity index (χ2n) is 14.8. The van der Waals surface area contributed by atoms with E-state index in [4.69, 9.17) is 13.8 Å².